The van der Waals surface area contributed by atoms with E-state index in [4.69, 9.17) is 24.1 Å². The van der Waals surface area contributed by atoms with Crippen molar-refractivity contribution < 1.29 is 95.4 Å². The first-order valence-corrected chi connectivity index (χ1v) is 25.7. The number of ketones is 2. The van der Waals surface area contributed by atoms with E-state index in [1.807, 2.05) is 13.8 Å². The van der Waals surface area contributed by atoms with Gasteiger partial charge in [-0.05, 0) is 57.3 Å². The molecule has 0 aliphatic carbocycles. The molecule has 0 rings (SSSR count). The van der Waals surface area contributed by atoms with Crippen molar-refractivity contribution in [1.29, 1.82) is 0 Å². The van der Waals surface area contributed by atoms with Crippen molar-refractivity contribution in [3.05, 3.63) is 19.1 Å². The van der Waals surface area contributed by atoms with Gasteiger partial charge in [0.15, 0.2) is 0 Å². The minimum absolute atomic E-state index is 0. The third-order valence-electron chi connectivity index (χ3n) is 11.7. The summed E-state index contributed by atoms with van der Waals surface area (Å²) in [6.07, 6.45) is 21.3. The number of unbranched alkanes of at least 4 members (excludes halogenated alkanes) is 14. The van der Waals surface area contributed by atoms with E-state index in [0.717, 1.165) is 76.2 Å². The van der Waals surface area contributed by atoms with Gasteiger partial charge < -0.3 is 56.8 Å². The summed E-state index contributed by atoms with van der Waals surface area (Å²) in [6.45, 7) is 16.0. The third-order valence-corrected chi connectivity index (χ3v) is 11.7. The second kappa shape index (κ2) is 46.4. The molecule has 0 bridgehead atoms. The largest absolute Gasteiger partial charge is 0.481 e. The predicted molar refractivity (Wildman–Crippen MR) is 264 cm³/mol. The van der Waals surface area contributed by atoms with Crippen LogP contribution in [0.5, 0.6) is 0 Å². The number of carbonyl (C=O) groups is 7. The first-order valence-electron chi connectivity index (χ1n) is 25.7. The Kier molecular flexibility index (Phi) is 46.1. The van der Waals surface area contributed by atoms with E-state index >= 15 is 0 Å². The number of rotatable bonds is 50. The Labute approximate surface area is 440 Å². The van der Waals surface area contributed by atoms with E-state index in [1.54, 1.807) is 0 Å². The normalized spacial score (nSPS) is 12.1. The Hall–Kier alpha value is -2.63. The fourth-order valence-electron chi connectivity index (χ4n) is 7.37. The van der Waals surface area contributed by atoms with Gasteiger partial charge in [-0.15, -0.1) is 5.41 Å². The number of ether oxygens (including phenoxy) is 4. The van der Waals surface area contributed by atoms with Crippen LogP contribution < -0.4 is 16.0 Å². The summed E-state index contributed by atoms with van der Waals surface area (Å²) in [6, 6.07) is -1.10. The van der Waals surface area contributed by atoms with E-state index in [1.165, 1.54) is 44.9 Å². The number of carboxylic acid groups (broad SMARTS) is 2. The third kappa shape index (κ3) is 45.0. The van der Waals surface area contributed by atoms with Gasteiger partial charge in [-0.25, -0.2) is 4.79 Å². The van der Waals surface area contributed by atoms with Crippen LogP contribution in [0.3, 0.4) is 0 Å². The molecule has 397 valence electrons. The van der Waals surface area contributed by atoms with E-state index in [-0.39, 0.29) is 153 Å². The maximum absolute atomic E-state index is 12.4. The van der Waals surface area contributed by atoms with Crippen molar-refractivity contribution in [3.63, 3.8) is 0 Å². The molecule has 2 atom stereocenters. The topological polar surface area (TPSA) is 233 Å². The van der Waals surface area contributed by atoms with Crippen LogP contribution in [-0.4, -0.2) is 123 Å². The Morgan fingerprint density at radius 3 is 1.54 bits per heavy atom. The van der Waals surface area contributed by atoms with Crippen LogP contribution in [0.4, 0.5) is 0 Å². The van der Waals surface area contributed by atoms with Gasteiger partial charge >= 0.3 is 11.9 Å². The van der Waals surface area contributed by atoms with Gasteiger partial charge in [0.05, 0.1) is 33.0 Å². The maximum atomic E-state index is 12.4. The molecule has 0 unspecified atom stereocenters. The van der Waals surface area contributed by atoms with Crippen molar-refractivity contribution in [2.75, 3.05) is 65.9 Å². The molecule has 0 spiro atoms. The fraction of sp³-hybridized carbons (Fsp3) is 0.808. The molecule has 0 saturated heterocycles. The number of amides is 3. The molecule has 0 saturated carbocycles. The molecule has 1 radical (unpaired) electrons. The minimum Gasteiger partial charge on any atom is -0.481 e. The summed E-state index contributed by atoms with van der Waals surface area (Å²) in [5, 5.41) is 26.3. The molecule has 3 amide bonds. The summed E-state index contributed by atoms with van der Waals surface area (Å²) in [5.41, 5.74) is 0.579. The first-order chi connectivity index (χ1) is 32.6. The fourth-order valence-corrected chi connectivity index (χ4v) is 7.37. The van der Waals surface area contributed by atoms with Crippen LogP contribution in [-0.2, 0) is 85.2 Å². The quantitative estimate of drug-likeness (QED) is 0.0220. The molecule has 17 heteroatoms. The van der Waals surface area contributed by atoms with Crippen molar-refractivity contribution in [3.8, 4) is 0 Å². The molecule has 16 nitrogen and oxygen atoms in total. The second-order valence-corrected chi connectivity index (χ2v) is 18.6. The van der Waals surface area contributed by atoms with Gasteiger partial charge in [0.1, 0.15) is 30.8 Å². The molecular weight excluding hydrogens is 963 g/mol. The molecule has 0 heterocycles. The van der Waals surface area contributed by atoms with Crippen molar-refractivity contribution in [2.24, 2.45) is 11.3 Å². The van der Waals surface area contributed by atoms with Crippen molar-refractivity contribution >= 4 is 41.2 Å². The summed E-state index contributed by atoms with van der Waals surface area (Å²) in [4.78, 5) is 83.3. The average Bonchev–Trinajstić information content (AvgIpc) is 3.29. The van der Waals surface area contributed by atoms with E-state index in [9.17, 15) is 38.7 Å². The Bertz CT molecular complexity index is 1410. The number of aliphatic carboxylic acids is 2. The van der Waals surface area contributed by atoms with Crippen molar-refractivity contribution in [2.45, 2.75) is 194 Å². The molecule has 5 N–H and O–H groups in total. The van der Waals surface area contributed by atoms with Gasteiger partial charge in [-0.3, -0.25) is 24.0 Å². The number of carboxylic acids is 2. The summed E-state index contributed by atoms with van der Waals surface area (Å²) in [7, 11) is 0. The SMILES string of the molecule is C=C(CC)[C@@H](CCCCNC(=O)COCCOCCNC(=O)COCCOCCCC(=O)CC[C@@H](NC(=O)CCCCCCCCCCCCCCCCC(=O)O)C(=O)O)CCC(=O)C([CH2-])(C)C.[Y]. The monoisotopic (exact) mass is 1060 g/mol. The van der Waals surface area contributed by atoms with Crippen LogP contribution in [0.2, 0.25) is 0 Å². The number of allylic oxidation sites excluding steroid dienone is 1. The van der Waals surface area contributed by atoms with Gasteiger partial charge in [0.2, 0.25) is 17.7 Å². The van der Waals surface area contributed by atoms with Crippen LogP contribution in [0.15, 0.2) is 12.2 Å². The van der Waals surface area contributed by atoms with Crippen LogP contribution >= 0.6 is 0 Å². The van der Waals surface area contributed by atoms with Crippen LogP contribution in [0.1, 0.15) is 188 Å². The summed E-state index contributed by atoms with van der Waals surface area (Å²) in [5.74, 6) is -2.33. The molecule has 0 fully saturated rings. The molecule has 0 aromatic rings. The van der Waals surface area contributed by atoms with Gasteiger partial charge in [-0.2, -0.15) is 0 Å². The van der Waals surface area contributed by atoms with Gasteiger partial charge in [0.25, 0.3) is 0 Å². The Morgan fingerprint density at radius 2 is 1.03 bits per heavy atom. The minimum atomic E-state index is -1.16. The van der Waals surface area contributed by atoms with Crippen LogP contribution in [0, 0.1) is 18.3 Å². The Morgan fingerprint density at radius 1 is 0.536 bits per heavy atom. The van der Waals surface area contributed by atoms with Gasteiger partial charge in [0, 0.05) is 84.5 Å². The molecule has 0 aliphatic heterocycles. The smallest absolute Gasteiger partial charge is 0.326 e. The zero-order valence-corrected chi connectivity index (χ0v) is 45.8. The summed E-state index contributed by atoms with van der Waals surface area (Å²) >= 11 is 0. The molecule has 0 aliphatic rings. The molecular formula is C52H92N3O13Y-. The number of hydrogen-bond acceptors (Lipinski definition) is 11. The number of carbonyl (C=O) groups excluding carboxylic acids is 5. The number of hydrogen-bond donors (Lipinski definition) is 5. The van der Waals surface area contributed by atoms with Crippen molar-refractivity contribution in [1.82, 2.24) is 16.0 Å². The van der Waals surface area contributed by atoms with E-state index in [0.29, 0.717) is 32.4 Å². The van der Waals surface area contributed by atoms with E-state index in [2.05, 4.69) is 36.4 Å². The Balaban J connectivity index is 0. The second-order valence-electron chi connectivity index (χ2n) is 18.6. The van der Waals surface area contributed by atoms with E-state index < -0.39 is 23.4 Å². The van der Waals surface area contributed by atoms with Crippen LogP contribution in [0.25, 0.3) is 0 Å². The standard InChI is InChI=1S/C52H92N3O13.Y/c1-6-42(2)43(28-31-46(57)52(3,4)5)24-21-22-32-53-48(59)40-68-39-37-66-35-33-54-49(60)41-67-38-36-65-34-23-25-44(56)29-30-45(51(63)64)55-47(58)26-19-17-15-13-11-9-7-8-10-12-14-16-18-20-27-50(61)62;/h43,45H,2-3,6-41H2,1,4-5H3,(H,53,59)(H,54,60)(H,55,58)(H,61,62)(H,63,64);/q-1;/t43-,45+;/m0./s1. The molecule has 69 heavy (non-hydrogen) atoms. The predicted octanol–water partition coefficient (Wildman–Crippen LogP) is 8.27. The molecule has 0 aromatic carbocycles. The maximum Gasteiger partial charge on any atom is 0.326 e. The molecule has 0 aromatic heterocycles. The zero-order chi connectivity index (χ0) is 50.7. The number of Topliss-reactive ketones (excluding diaryl/α,β-unsaturated/α-hetero) is 2. The van der Waals surface area contributed by atoms with Gasteiger partial charge in [-0.1, -0.05) is 116 Å². The summed E-state index contributed by atoms with van der Waals surface area (Å²) < 4.78 is 21.6. The zero-order valence-electron chi connectivity index (χ0n) is 43.0. The first kappa shape index (κ1) is 68.5. The number of nitrogens with one attached hydrogen (secondary N) is 3. The average molecular weight is 1060 g/mol.